The van der Waals surface area contributed by atoms with Crippen LogP contribution in [0.25, 0.3) is 11.5 Å². The van der Waals surface area contributed by atoms with Crippen molar-refractivity contribution in [2.45, 2.75) is 64.6 Å². The number of nitrogens with zero attached hydrogens (tertiary/aromatic N) is 5. The normalized spacial score (nSPS) is 19.1. The number of hydrogen-bond donors (Lipinski definition) is 1. The summed E-state index contributed by atoms with van der Waals surface area (Å²) in [5.41, 5.74) is 2.89. The largest absolute Gasteiger partial charge is 0.489 e. The van der Waals surface area contributed by atoms with E-state index in [2.05, 4.69) is 22.2 Å². The van der Waals surface area contributed by atoms with Crippen LogP contribution in [0.3, 0.4) is 0 Å². The molecule has 1 fully saturated rings. The lowest BCUT2D eigenvalue weighted by Gasteiger charge is -2.28. The third-order valence-electron chi connectivity index (χ3n) is 6.25. The van der Waals surface area contributed by atoms with Crippen LogP contribution in [0.4, 0.5) is 5.82 Å². The molecule has 32 heavy (non-hydrogen) atoms. The molecule has 0 radical (unpaired) electrons. The number of pyridine rings is 1. The molecule has 0 spiro atoms. The number of anilines is 1. The number of likely N-dealkylation sites (N-methyl/N-ethyl adjacent to an activating group) is 2. The van der Waals surface area contributed by atoms with Crippen molar-refractivity contribution in [3.63, 3.8) is 0 Å². The van der Waals surface area contributed by atoms with Gasteiger partial charge in [-0.15, -0.1) is 0 Å². The Hall–Kier alpha value is -2.74. The number of carbonyl (C=O) groups is 1. The molecule has 1 amide bonds. The van der Waals surface area contributed by atoms with E-state index in [1.165, 1.54) is 0 Å². The zero-order chi connectivity index (χ0) is 22.8. The number of likely N-dealkylation sites (tertiary alicyclic amines) is 1. The Morgan fingerprint density at radius 3 is 2.81 bits per heavy atom. The fourth-order valence-electron chi connectivity index (χ4n) is 4.37. The van der Waals surface area contributed by atoms with Crippen LogP contribution in [-0.2, 0) is 17.6 Å². The molecule has 1 N–H and O–H groups in total. The molecule has 0 bridgehead atoms. The lowest BCUT2D eigenvalue weighted by Crippen LogP contribution is -2.46. The maximum Gasteiger partial charge on any atom is 0.242 e. The summed E-state index contributed by atoms with van der Waals surface area (Å²) in [5.74, 6) is 2.18. The quantitative estimate of drug-likeness (QED) is 0.711. The van der Waals surface area contributed by atoms with Gasteiger partial charge in [0.25, 0.3) is 0 Å². The van der Waals surface area contributed by atoms with Gasteiger partial charge < -0.3 is 19.9 Å². The summed E-state index contributed by atoms with van der Waals surface area (Å²) in [4.78, 5) is 31.1. The van der Waals surface area contributed by atoms with Gasteiger partial charge in [-0.1, -0.05) is 0 Å². The first kappa shape index (κ1) is 22.5. The van der Waals surface area contributed by atoms with Crippen molar-refractivity contribution in [3.8, 4) is 17.3 Å². The van der Waals surface area contributed by atoms with Gasteiger partial charge in [-0.3, -0.25) is 9.78 Å². The van der Waals surface area contributed by atoms with Crippen LogP contribution in [0.2, 0.25) is 0 Å². The summed E-state index contributed by atoms with van der Waals surface area (Å²) < 4.78 is 6.18. The first-order valence-electron chi connectivity index (χ1n) is 11.6. The Balaban J connectivity index is 1.62. The first-order chi connectivity index (χ1) is 15.3. The predicted octanol–water partition coefficient (Wildman–Crippen LogP) is 2.46. The monoisotopic (exact) mass is 438 g/mol. The molecule has 1 aliphatic heterocycles. The van der Waals surface area contributed by atoms with Crippen LogP contribution in [0.1, 0.15) is 44.9 Å². The fraction of sp³-hybridized carbons (Fsp3) is 0.583. The smallest absolute Gasteiger partial charge is 0.242 e. The van der Waals surface area contributed by atoms with Gasteiger partial charge in [-0.25, -0.2) is 9.97 Å². The Morgan fingerprint density at radius 1 is 1.28 bits per heavy atom. The molecular weight excluding hydrogens is 404 g/mol. The maximum atomic E-state index is 12.6. The van der Waals surface area contributed by atoms with Gasteiger partial charge in [0.2, 0.25) is 5.91 Å². The third kappa shape index (κ3) is 4.85. The van der Waals surface area contributed by atoms with Gasteiger partial charge in [-0.05, 0) is 59.6 Å². The molecule has 8 nitrogen and oxygen atoms in total. The van der Waals surface area contributed by atoms with E-state index in [1.807, 2.05) is 44.9 Å². The van der Waals surface area contributed by atoms with E-state index in [1.54, 1.807) is 6.20 Å². The number of nitrogens with one attached hydrogen (secondary N) is 1. The van der Waals surface area contributed by atoms with E-state index >= 15 is 0 Å². The Bertz CT molecular complexity index is 979. The van der Waals surface area contributed by atoms with Crippen molar-refractivity contribution < 1.29 is 9.53 Å². The number of fused-ring (bicyclic) bond motifs is 1. The van der Waals surface area contributed by atoms with E-state index in [-0.39, 0.29) is 24.1 Å². The van der Waals surface area contributed by atoms with Crippen LogP contribution >= 0.6 is 0 Å². The summed E-state index contributed by atoms with van der Waals surface area (Å²) >= 11 is 0. The number of hydrogen-bond acceptors (Lipinski definition) is 7. The van der Waals surface area contributed by atoms with E-state index in [4.69, 9.17) is 14.7 Å². The minimum Gasteiger partial charge on any atom is -0.489 e. The summed E-state index contributed by atoms with van der Waals surface area (Å²) in [6.07, 6.45) is 5.87. The van der Waals surface area contributed by atoms with Crippen molar-refractivity contribution in [2.24, 2.45) is 0 Å². The molecule has 0 aromatic carbocycles. The fourth-order valence-corrected chi connectivity index (χ4v) is 4.37. The van der Waals surface area contributed by atoms with Gasteiger partial charge in [-0.2, -0.15) is 0 Å². The number of aryl methyl sites for hydroxylation is 1. The highest BCUT2D eigenvalue weighted by Crippen LogP contribution is 2.32. The molecule has 0 unspecified atom stereocenters. The minimum atomic E-state index is -0.341. The molecule has 0 saturated carbocycles. The molecule has 2 aromatic heterocycles. The van der Waals surface area contributed by atoms with Crippen molar-refractivity contribution in [1.29, 1.82) is 0 Å². The van der Waals surface area contributed by atoms with E-state index < -0.39 is 0 Å². The van der Waals surface area contributed by atoms with E-state index in [9.17, 15) is 4.79 Å². The van der Waals surface area contributed by atoms with E-state index in [0.717, 1.165) is 61.6 Å². The Kier molecular flexibility index (Phi) is 6.60. The summed E-state index contributed by atoms with van der Waals surface area (Å²) in [7, 11) is 4.04. The highest BCUT2D eigenvalue weighted by Gasteiger charge is 2.27. The van der Waals surface area contributed by atoms with Gasteiger partial charge >= 0.3 is 0 Å². The van der Waals surface area contributed by atoms with Gasteiger partial charge in [0, 0.05) is 49.7 Å². The average molecular weight is 439 g/mol. The SMILES string of the molecule is CC(C)NC(=O)[C@@H](C)N(C)c1nc(-c2cc(O[C@@H]3CCN(C)C3)ccn2)nc2c1CCC2. The number of carbonyl (C=O) groups excluding carboxylic acids is 1. The maximum absolute atomic E-state index is 12.6. The van der Waals surface area contributed by atoms with Crippen LogP contribution in [0, 0.1) is 0 Å². The Labute approximate surface area is 190 Å². The summed E-state index contributed by atoms with van der Waals surface area (Å²) in [5, 5.41) is 3.00. The molecule has 4 rings (SSSR count). The first-order valence-corrected chi connectivity index (χ1v) is 11.6. The molecule has 3 heterocycles. The van der Waals surface area contributed by atoms with Crippen molar-refractivity contribution in [3.05, 3.63) is 29.6 Å². The molecule has 1 saturated heterocycles. The highest BCUT2D eigenvalue weighted by atomic mass is 16.5. The minimum absolute atomic E-state index is 0.00976. The van der Waals surface area contributed by atoms with Crippen LogP contribution in [0.5, 0.6) is 5.75 Å². The average Bonchev–Trinajstić information content (AvgIpc) is 3.40. The predicted molar refractivity (Wildman–Crippen MR) is 125 cm³/mol. The highest BCUT2D eigenvalue weighted by molar-refractivity contribution is 5.85. The van der Waals surface area contributed by atoms with Crippen molar-refractivity contribution >= 4 is 11.7 Å². The second kappa shape index (κ2) is 9.40. The lowest BCUT2D eigenvalue weighted by molar-refractivity contribution is -0.122. The number of rotatable bonds is 7. The van der Waals surface area contributed by atoms with Crippen molar-refractivity contribution in [2.75, 3.05) is 32.1 Å². The summed E-state index contributed by atoms with van der Waals surface area (Å²) in [6, 6.07) is 3.57. The van der Waals surface area contributed by atoms with Crippen LogP contribution in [0.15, 0.2) is 18.3 Å². The molecule has 172 valence electrons. The molecular formula is C24H34N6O2. The number of amides is 1. The molecule has 2 aliphatic rings. The molecule has 2 aromatic rings. The van der Waals surface area contributed by atoms with Crippen molar-refractivity contribution in [1.82, 2.24) is 25.2 Å². The lowest BCUT2D eigenvalue weighted by atomic mass is 10.1. The van der Waals surface area contributed by atoms with E-state index in [0.29, 0.717) is 11.5 Å². The Morgan fingerprint density at radius 2 is 2.09 bits per heavy atom. The zero-order valence-electron chi connectivity index (χ0n) is 19.8. The second-order valence-electron chi connectivity index (χ2n) is 9.27. The molecule has 2 atom stereocenters. The van der Waals surface area contributed by atoms with Gasteiger partial charge in [0.1, 0.15) is 29.4 Å². The third-order valence-corrected chi connectivity index (χ3v) is 6.25. The second-order valence-corrected chi connectivity index (χ2v) is 9.27. The topological polar surface area (TPSA) is 83.5 Å². The standard InChI is InChI=1S/C24H34N6O2/c1-15(2)26-24(31)16(3)30(5)23-19-7-6-8-20(19)27-22(28-23)21-13-17(9-11-25-21)32-18-10-12-29(4)14-18/h9,11,13,15-16,18H,6-8,10,12,14H2,1-5H3,(H,26,31)/t16-,18-/m1/s1. The zero-order valence-corrected chi connectivity index (χ0v) is 19.8. The van der Waals surface area contributed by atoms with Gasteiger partial charge in [0.05, 0.1) is 0 Å². The van der Waals surface area contributed by atoms with Gasteiger partial charge in [0.15, 0.2) is 5.82 Å². The number of aromatic nitrogens is 3. The molecule has 1 aliphatic carbocycles. The molecule has 8 heteroatoms. The van der Waals surface area contributed by atoms with Crippen LogP contribution in [-0.4, -0.2) is 71.1 Å². The number of ether oxygens (including phenoxy) is 1. The summed E-state index contributed by atoms with van der Waals surface area (Å²) in [6.45, 7) is 7.82. The van der Waals surface area contributed by atoms with Crippen LogP contribution < -0.4 is 15.0 Å².